The first-order chi connectivity index (χ1) is 11.3. The van der Waals surface area contributed by atoms with Crippen molar-refractivity contribution in [1.29, 1.82) is 0 Å². The van der Waals surface area contributed by atoms with Gasteiger partial charge in [0, 0.05) is 17.5 Å². The van der Waals surface area contributed by atoms with E-state index in [1.165, 1.54) is 17.0 Å². The van der Waals surface area contributed by atoms with Gasteiger partial charge in [-0.3, -0.25) is 0 Å². The van der Waals surface area contributed by atoms with E-state index in [1.807, 2.05) is 30.3 Å². The predicted octanol–water partition coefficient (Wildman–Crippen LogP) is 4.32. The Labute approximate surface area is 135 Å². The van der Waals surface area contributed by atoms with Gasteiger partial charge >= 0.3 is 0 Å². The Hall–Kier alpha value is -2.39. The predicted molar refractivity (Wildman–Crippen MR) is 92.3 cm³/mol. The largest absolute Gasteiger partial charge is 0.496 e. The Kier molecular flexibility index (Phi) is 4.89. The molecule has 0 aliphatic rings. The number of nitrogens with one attached hydrogen (secondary N) is 1. The van der Waals surface area contributed by atoms with Crippen molar-refractivity contribution in [2.45, 2.75) is 13.0 Å². The summed E-state index contributed by atoms with van der Waals surface area (Å²) in [6.45, 7) is 1.34. The minimum Gasteiger partial charge on any atom is -0.496 e. The molecule has 3 aromatic rings. The molecule has 0 spiro atoms. The zero-order valence-corrected chi connectivity index (χ0v) is 13.2. The van der Waals surface area contributed by atoms with Crippen molar-refractivity contribution in [3.05, 3.63) is 77.6 Å². The van der Waals surface area contributed by atoms with E-state index in [4.69, 9.17) is 4.74 Å². The Balaban J connectivity index is 1.67. The molecule has 0 aromatic heterocycles. The minimum absolute atomic E-state index is 0.158. The number of fused-ring (bicyclic) bond motifs is 1. The molecule has 118 valence electrons. The molecule has 3 heteroatoms. The monoisotopic (exact) mass is 309 g/mol. The molecular weight excluding hydrogens is 289 g/mol. The van der Waals surface area contributed by atoms with Crippen LogP contribution in [0.2, 0.25) is 0 Å². The lowest BCUT2D eigenvalue weighted by Gasteiger charge is -2.11. The maximum atomic E-state index is 13.6. The first kappa shape index (κ1) is 15.5. The van der Waals surface area contributed by atoms with E-state index in [0.29, 0.717) is 12.1 Å². The zero-order valence-electron chi connectivity index (χ0n) is 13.2. The van der Waals surface area contributed by atoms with Crippen molar-refractivity contribution < 1.29 is 9.13 Å². The van der Waals surface area contributed by atoms with E-state index in [-0.39, 0.29) is 5.82 Å². The van der Waals surface area contributed by atoms with Gasteiger partial charge in [-0.2, -0.15) is 0 Å². The fourth-order valence-electron chi connectivity index (χ4n) is 2.82. The van der Waals surface area contributed by atoms with Crippen molar-refractivity contribution in [1.82, 2.24) is 5.32 Å². The number of hydrogen-bond donors (Lipinski definition) is 1. The normalized spacial score (nSPS) is 10.9. The fourth-order valence-corrected chi connectivity index (χ4v) is 2.82. The molecule has 23 heavy (non-hydrogen) atoms. The molecule has 0 bridgehead atoms. The highest BCUT2D eigenvalue weighted by Crippen LogP contribution is 2.28. The van der Waals surface area contributed by atoms with Gasteiger partial charge in [0.2, 0.25) is 0 Å². The molecular formula is C20H20FNO. The molecule has 0 aliphatic carbocycles. The fraction of sp³-hybridized carbons (Fsp3) is 0.200. The molecule has 3 rings (SSSR count). The lowest BCUT2D eigenvalue weighted by Crippen LogP contribution is -2.17. The van der Waals surface area contributed by atoms with E-state index in [9.17, 15) is 4.39 Å². The number of methoxy groups -OCH3 is 1. The van der Waals surface area contributed by atoms with Gasteiger partial charge in [-0.25, -0.2) is 4.39 Å². The highest BCUT2D eigenvalue weighted by molar-refractivity contribution is 5.91. The quantitative estimate of drug-likeness (QED) is 0.685. The summed E-state index contributed by atoms with van der Waals surface area (Å²) in [5.74, 6) is 0.735. The second kappa shape index (κ2) is 7.25. The summed E-state index contributed by atoms with van der Waals surface area (Å²) in [5, 5.41) is 5.65. The number of halogens is 1. The Morgan fingerprint density at radius 1 is 0.870 bits per heavy atom. The van der Waals surface area contributed by atoms with Gasteiger partial charge in [-0.05, 0) is 36.0 Å². The molecule has 0 aliphatic heterocycles. The van der Waals surface area contributed by atoms with Crippen LogP contribution in [0.15, 0.2) is 60.7 Å². The summed E-state index contributed by atoms with van der Waals surface area (Å²) in [6, 6.07) is 19.2. The molecule has 0 radical (unpaired) electrons. The van der Waals surface area contributed by atoms with Crippen molar-refractivity contribution in [3.63, 3.8) is 0 Å². The third-order valence-corrected chi connectivity index (χ3v) is 4.04. The highest BCUT2D eigenvalue weighted by atomic mass is 19.1. The molecule has 0 heterocycles. The van der Waals surface area contributed by atoms with E-state index >= 15 is 0 Å². The van der Waals surface area contributed by atoms with Crippen LogP contribution >= 0.6 is 0 Å². The average Bonchev–Trinajstić information content (AvgIpc) is 2.60. The summed E-state index contributed by atoms with van der Waals surface area (Å²) in [4.78, 5) is 0. The molecule has 0 fully saturated rings. The maximum absolute atomic E-state index is 13.6. The van der Waals surface area contributed by atoms with Crippen molar-refractivity contribution >= 4 is 10.8 Å². The lowest BCUT2D eigenvalue weighted by atomic mass is 10.0. The number of benzene rings is 3. The second-order valence-electron chi connectivity index (χ2n) is 5.49. The van der Waals surface area contributed by atoms with Crippen molar-refractivity contribution in [3.8, 4) is 5.75 Å². The van der Waals surface area contributed by atoms with Gasteiger partial charge in [0.05, 0.1) is 7.11 Å². The van der Waals surface area contributed by atoms with Gasteiger partial charge in [0.1, 0.15) is 11.6 Å². The van der Waals surface area contributed by atoms with Crippen LogP contribution in [0.25, 0.3) is 10.8 Å². The van der Waals surface area contributed by atoms with Crippen LogP contribution in [-0.2, 0) is 13.0 Å². The molecule has 2 nitrogen and oxygen atoms in total. The molecule has 0 unspecified atom stereocenters. The van der Waals surface area contributed by atoms with Crippen LogP contribution in [0.5, 0.6) is 5.75 Å². The highest BCUT2D eigenvalue weighted by Gasteiger charge is 2.06. The van der Waals surface area contributed by atoms with Gasteiger partial charge in [0.25, 0.3) is 0 Å². The minimum atomic E-state index is -0.158. The van der Waals surface area contributed by atoms with Gasteiger partial charge in [0.15, 0.2) is 0 Å². The summed E-state index contributed by atoms with van der Waals surface area (Å²) in [5.41, 5.74) is 1.97. The summed E-state index contributed by atoms with van der Waals surface area (Å²) < 4.78 is 19.0. The van der Waals surface area contributed by atoms with Crippen LogP contribution in [0.1, 0.15) is 11.1 Å². The van der Waals surface area contributed by atoms with Crippen molar-refractivity contribution in [2.75, 3.05) is 13.7 Å². The van der Waals surface area contributed by atoms with Crippen molar-refractivity contribution in [2.24, 2.45) is 0 Å². The molecule has 1 N–H and O–H groups in total. The number of hydrogen-bond acceptors (Lipinski definition) is 2. The molecule has 3 aromatic carbocycles. The van der Waals surface area contributed by atoms with Gasteiger partial charge in [-0.15, -0.1) is 0 Å². The van der Waals surface area contributed by atoms with E-state index < -0.39 is 0 Å². The summed E-state index contributed by atoms with van der Waals surface area (Å²) in [7, 11) is 1.69. The smallest absolute Gasteiger partial charge is 0.127 e. The van der Waals surface area contributed by atoms with Crippen LogP contribution in [0.3, 0.4) is 0 Å². The van der Waals surface area contributed by atoms with E-state index in [1.54, 1.807) is 13.2 Å². The molecule has 0 amide bonds. The molecule has 0 atom stereocenters. The third-order valence-electron chi connectivity index (χ3n) is 4.04. The Morgan fingerprint density at radius 2 is 1.61 bits per heavy atom. The van der Waals surface area contributed by atoms with E-state index in [0.717, 1.165) is 24.1 Å². The van der Waals surface area contributed by atoms with Crippen LogP contribution in [-0.4, -0.2) is 13.7 Å². The van der Waals surface area contributed by atoms with Crippen LogP contribution in [0.4, 0.5) is 4.39 Å². The zero-order chi connectivity index (χ0) is 16.1. The van der Waals surface area contributed by atoms with Crippen LogP contribution in [0, 0.1) is 5.82 Å². The SMILES string of the molecule is COc1ccc(CCNCc2ccccc2F)c2ccccc12. The Morgan fingerprint density at radius 3 is 2.39 bits per heavy atom. The standard InChI is InChI=1S/C20H20FNO/c1-23-20-11-10-15(17-7-3-4-8-18(17)20)12-13-22-14-16-6-2-5-9-19(16)21/h2-11,22H,12-14H2,1H3. The first-order valence-corrected chi connectivity index (χ1v) is 7.78. The second-order valence-corrected chi connectivity index (χ2v) is 5.49. The number of ether oxygens (including phenoxy) is 1. The average molecular weight is 309 g/mol. The van der Waals surface area contributed by atoms with E-state index in [2.05, 4.69) is 23.5 Å². The van der Waals surface area contributed by atoms with Crippen LogP contribution < -0.4 is 10.1 Å². The van der Waals surface area contributed by atoms with Gasteiger partial charge in [-0.1, -0.05) is 48.5 Å². The molecule has 0 saturated carbocycles. The van der Waals surface area contributed by atoms with Gasteiger partial charge < -0.3 is 10.1 Å². The molecule has 0 saturated heterocycles. The Bertz CT molecular complexity index is 801. The third kappa shape index (κ3) is 3.51. The topological polar surface area (TPSA) is 21.3 Å². The lowest BCUT2D eigenvalue weighted by molar-refractivity contribution is 0.419. The number of rotatable bonds is 6. The summed E-state index contributed by atoms with van der Waals surface area (Å²) in [6.07, 6.45) is 0.888. The summed E-state index contributed by atoms with van der Waals surface area (Å²) >= 11 is 0. The maximum Gasteiger partial charge on any atom is 0.127 e. The first-order valence-electron chi connectivity index (χ1n) is 7.78.